The van der Waals surface area contributed by atoms with E-state index in [1.807, 2.05) is 0 Å². The first-order valence-corrected chi connectivity index (χ1v) is 4.66. The summed E-state index contributed by atoms with van der Waals surface area (Å²) >= 11 is 4.43. The van der Waals surface area contributed by atoms with E-state index in [1.54, 1.807) is 0 Å². The Hall–Kier alpha value is 0.0900. The van der Waals surface area contributed by atoms with Crippen molar-refractivity contribution in [3.05, 3.63) is 12.2 Å². The normalized spacial score (nSPS) is 14.3. The lowest BCUT2D eigenvalue weighted by atomic mass is 10.2. The van der Waals surface area contributed by atoms with Crippen molar-refractivity contribution in [2.45, 2.75) is 44.8 Å². The minimum Gasteiger partial charge on any atom is -0.176 e. The average molecular weight is 158 g/mol. The van der Waals surface area contributed by atoms with Crippen LogP contribution in [-0.2, 0) is 0 Å². The number of thiol groups is 1. The second kappa shape index (κ2) is 7.20. The Balaban J connectivity index is 3.20. The maximum Gasteiger partial charge on any atom is 0.00512 e. The summed E-state index contributed by atoms with van der Waals surface area (Å²) in [6.07, 6.45) is 9.19. The van der Waals surface area contributed by atoms with Crippen LogP contribution in [0.4, 0.5) is 0 Å². The molecule has 0 spiro atoms. The van der Waals surface area contributed by atoms with Gasteiger partial charge in [0.1, 0.15) is 0 Å². The van der Waals surface area contributed by atoms with E-state index in [9.17, 15) is 0 Å². The van der Waals surface area contributed by atoms with Crippen LogP contribution in [-0.4, -0.2) is 5.25 Å². The molecule has 0 saturated heterocycles. The number of hydrogen-bond donors (Lipinski definition) is 1. The van der Waals surface area contributed by atoms with Crippen LogP contribution >= 0.6 is 12.6 Å². The molecule has 0 aliphatic rings. The SMILES string of the molecule is CC/C=C/CC(S)CCC. The van der Waals surface area contributed by atoms with Gasteiger partial charge in [-0.25, -0.2) is 0 Å². The number of hydrogen-bond acceptors (Lipinski definition) is 1. The molecule has 0 aromatic heterocycles. The molecule has 1 heteroatoms. The van der Waals surface area contributed by atoms with Gasteiger partial charge in [0.25, 0.3) is 0 Å². The zero-order chi connectivity index (χ0) is 7.82. The molecule has 0 fully saturated rings. The highest BCUT2D eigenvalue weighted by Gasteiger charge is 1.96. The summed E-state index contributed by atoms with van der Waals surface area (Å²) in [5.74, 6) is 0. The molecule has 0 N–H and O–H groups in total. The van der Waals surface area contributed by atoms with Gasteiger partial charge >= 0.3 is 0 Å². The van der Waals surface area contributed by atoms with Gasteiger partial charge in [0.05, 0.1) is 0 Å². The minimum absolute atomic E-state index is 0.577. The van der Waals surface area contributed by atoms with E-state index in [1.165, 1.54) is 12.8 Å². The fourth-order valence-electron chi connectivity index (χ4n) is 0.871. The maximum absolute atomic E-state index is 4.43. The van der Waals surface area contributed by atoms with Crippen molar-refractivity contribution in [1.29, 1.82) is 0 Å². The Morgan fingerprint density at radius 1 is 1.30 bits per heavy atom. The summed E-state index contributed by atoms with van der Waals surface area (Å²) in [6.45, 7) is 4.36. The topological polar surface area (TPSA) is 0 Å². The van der Waals surface area contributed by atoms with Gasteiger partial charge in [0.2, 0.25) is 0 Å². The lowest BCUT2D eigenvalue weighted by Crippen LogP contribution is -1.94. The molecule has 0 amide bonds. The number of allylic oxidation sites excluding steroid dienone is 2. The van der Waals surface area contributed by atoms with Gasteiger partial charge in [-0.2, -0.15) is 12.6 Å². The van der Waals surface area contributed by atoms with E-state index in [2.05, 4.69) is 38.6 Å². The van der Waals surface area contributed by atoms with Gasteiger partial charge in [-0.05, 0) is 19.3 Å². The fraction of sp³-hybridized carbons (Fsp3) is 0.778. The predicted molar refractivity (Wildman–Crippen MR) is 51.7 cm³/mol. The van der Waals surface area contributed by atoms with E-state index < -0.39 is 0 Å². The molecule has 10 heavy (non-hydrogen) atoms. The van der Waals surface area contributed by atoms with Crippen molar-refractivity contribution in [3.63, 3.8) is 0 Å². The zero-order valence-corrected chi connectivity index (χ0v) is 7.90. The van der Waals surface area contributed by atoms with Crippen LogP contribution in [0.5, 0.6) is 0 Å². The monoisotopic (exact) mass is 158 g/mol. The highest BCUT2D eigenvalue weighted by atomic mass is 32.1. The van der Waals surface area contributed by atoms with E-state index in [-0.39, 0.29) is 0 Å². The second-order valence-electron chi connectivity index (χ2n) is 2.56. The van der Waals surface area contributed by atoms with Crippen molar-refractivity contribution < 1.29 is 0 Å². The summed E-state index contributed by atoms with van der Waals surface area (Å²) in [5.41, 5.74) is 0. The highest BCUT2D eigenvalue weighted by molar-refractivity contribution is 7.80. The van der Waals surface area contributed by atoms with E-state index in [0.29, 0.717) is 5.25 Å². The van der Waals surface area contributed by atoms with Crippen molar-refractivity contribution in [3.8, 4) is 0 Å². The molecule has 60 valence electrons. The molecule has 0 nitrogen and oxygen atoms in total. The first kappa shape index (κ1) is 10.1. The van der Waals surface area contributed by atoms with E-state index in [0.717, 1.165) is 12.8 Å². The zero-order valence-electron chi connectivity index (χ0n) is 7.01. The van der Waals surface area contributed by atoms with Crippen molar-refractivity contribution in [2.75, 3.05) is 0 Å². The fourth-order valence-corrected chi connectivity index (χ4v) is 1.25. The molecule has 0 rings (SSSR count). The van der Waals surface area contributed by atoms with Gasteiger partial charge in [-0.15, -0.1) is 0 Å². The van der Waals surface area contributed by atoms with Gasteiger partial charge in [0, 0.05) is 5.25 Å². The van der Waals surface area contributed by atoms with Gasteiger partial charge in [0.15, 0.2) is 0 Å². The molecule has 0 aromatic rings. The Morgan fingerprint density at radius 2 is 2.00 bits per heavy atom. The molecule has 1 atom stereocenters. The van der Waals surface area contributed by atoms with Gasteiger partial charge in [-0.3, -0.25) is 0 Å². The van der Waals surface area contributed by atoms with Crippen LogP contribution in [0.25, 0.3) is 0 Å². The lowest BCUT2D eigenvalue weighted by molar-refractivity contribution is 0.749. The van der Waals surface area contributed by atoms with Crippen molar-refractivity contribution >= 4 is 12.6 Å². The molecule has 0 radical (unpaired) electrons. The van der Waals surface area contributed by atoms with E-state index in [4.69, 9.17) is 0 Å². The molecule has 0 aliphatic carbocycles. The summed E-state index contributed by atoms with van der Waals surface area (Å²) in [7, 11) is 0. The first-order valence-electron chi connectivity index (χ1n) is 4.14. The Morgan fingerprint density at radius 3 is 2.50 bits per heavy atom. The van der Waals surface area contributed by atoms with Crippen LogP contribution in [0, 0.1) is 0 Å². The summed E-state index contributed by atoms with van der Waals surface area (Å²) in [6, 6.07) is 0. The van der Waals surface area contributed by atoms with Crippen LogP contribution in [0.2, 0.25) is 0 Å². The van der Waals surface area contributed by atoms with Crippen LogP contribution in [0.1, 0.15) is 39.5 Å². The molecule has 0 aromatic carbocycles. The van der Waals surface area contributed by atoms with Crippen LogP contribution in [0.15, 0.2) is 12.2 Å². The Kier molecular flexibility index (Phi) is 7.26. The van der Waals surface area contributed by atoms with E-state index >= 15 is 0 Å². The highest BCUT2D eigenvalue weighted by Crippen LogP contribution is 2.09. The van der Waals surface area contributed by atoms with Gasteiger partial charge < -0.3 is 0 Å². The van der Waals surface area contributed by atoms with Crippen LogP contribution in [0.3, 0.4) is 0 Å². The summed E-state index contributed by atoms with van der Waals surface area (Å²) < 4.78 is 0. The molecule has 0 heterocycles. The summed E-state index contributed by atoms with van der Waals surface area (Å²) in [4.78, 5) is 0. The van der Waals surface area contributed by atoms with Crippen molar-refractivity contribution in [2.24, 2.45) is 0 Å². The molecule has 1 unspecified atom stereocenters. The standard InChI is InChI=1S/C9H18S/c1-3-5-6-8-9(10)7-4-2/h5-6,9-10H,3-4,7-8H2,1-2H3/b6-5+. The molecular weight excluding hydrogens is 140 g/mol. The number of rotatable bonds is 5. The third-order valence-electron chi connectivity index (χ3n) is 1.43. The second-order valence-corrected chi connectivity index (χ2v) is 3.29. The molecule has 0 bridgehead atoms. The molecule has 0 aliphatic heterocycles. The van der Waals surface area contributed by atoms with Crippen molar-refractivity contribution in [1.82, 2.24) is 0 Å². The molecular formula is C9H18S. The van der Waals surface area contributed by atoms with Gasteiger partial charge in [-0.1, -0.05) is 32.4 Å². The Bertz CT molecular complexity index is 86.7. The first-order chi connectivity index (χ1) is 4.81. The Labute approximate surface area is 70.1 Å². The third kappa shape index (κ3) is 6.21. The largest absolute Gasteiger partial charge is 0.176 e. The summed E-state index contributed by atoms with van der Waals surface area (Å²) in [5, 5.41) is 0.577. The molecule has 0 saturated carbocycles. The average Bonchev–Trinajstić information content (AvgIpc) is 1.89. The smallest absolute Gasteiger partial charge is 0.00512 e. The quantitative estimate of drug-likeness (QED) is 0.460. The third-order valence-corrected chi connectivity index (χ3v) is 1.90. The van der Waals surface area contributed by atoms with Crippen LogP contribution < -0.4 is 0 Å². The lowest BCUT2D eigenvalue weighted by Gasteiger charge is -2.03. The predicted octanol–water partition coefficient (Wildman–Crippen LogP) is 3.44. The minimum atomic E-state index is 0.577. The maximum atomic E-state index is 4.43.